The van der Waals surface area contributed by atoms with Crippen LogP contribution in [0.5, 0.6) is 0 Å². The van der Waals surface area contributed by atoms with Gasteiger partial charge in [-0.05, 0) is 24.1 Å². The molecule has 2 aromatic heterocycles. The van der Waals surface area contributed by atoms with E-state index < -0.39 is 0 Å². The number of aromatic nitrogens is 4. The van der Waals surface area contributed by atoms with Gasteiger partial charge >= 0.3 is 0 Å². The molecule has 0 saturated carbocycles. The van der Waals surface area contributed by atoms with E-state index in [2.05, 4.69) is 25.3 Å². The molecule has 6 heteroatoms. The average molecular weight is 274 g/mol. The fourth-order valence-corrected chi connectivity index (χ4v) is 2.03. The Hall–Kier alpha value is -2.14. The zero-order chi connectivity index (χ0) is 13.2. The maximum absolute atomic E-state index is 6.10. The van der Waals surface area contributed by atoms with E-state index in [1.807, 2.05) is 25.1 Å². The second-order valence-electron chi connectivity index (χ2n) is 4.26. The summed E-state index contributed by atoms with van der Waals surface area (Å²) in [5.41, 5.74) is 3.63. The van der Waals surface area contributed by atoms with Gasteiger partial charge in [0, 0.05) is 11.6 Å². The topological polar surface area (TPSA) is 66.5 Å². The van der Waals surface area contributed by atoms with Crippen LogP contribution in [0.25, 0.3) is 11.2 Å². The third kappa shape index (κ3) is 2.37. The first kappa shape index (κ1) is 11.9. The van der Waals surface area contributed by atoms with E-state index >= 15 is 0 Å². The van der Waals surface area contributed by atoms with E-state index in [4.69, 9.17) is 11.6 Å². The van der Waals surface area contributed by atoms with Crippen LogP contribution in [0.3, 0.4) is 0 Å². The van der Waals surface area contributed by atoms with Crippen molar-refractivity contribution in [2.75, 3.05) is 5.32 Å². The first-order valence-electron chi connectivity index (χ1n) is 5.87. The van der Waals surface area contributed by atoms with Crippen LogP contribution in [0, 0.1) is 6.92 Å². The number of benzene rings is 1. The molecule has 0 bridgehead atoms. The van der Waals surface area contributed by atoms with Crippen LogP contribution in [-0.4, -0.2) is 19.9 Å². The number of rotatable bonds is 3. The number of hydrogen-bond donors (Lipinski definition) is 2. The van der Waals surface area contributed by atoms with Gasteiger partial charge in [0.15, 0.2) is 11.5 Å². The maximum Gasteiger partial charge on any atom is 0.162 e. The summed E-state index contributed by atoms with van der Waals surface area (Å²) in [6, 6.07) is 5.99. The van der Waals surface area contributed by atoms with E-state index in [-0.39, 0.29) is 0 Å². The number of aromatic amines is 1. The normalized spacial score (nSPS) is 10.8. The lowest BCUT2D eigenvalue weighted by molar-refractivity contribution is 1.09. The summed E-state index contributed by atoms with van der Waals surface area (Å²) in [5, 5.41) is 4.01. The third-order valence-corrected chi connectivity index (χ3v) is 3.32. The number of fused-ring (bicyclic) bond motifs is 1. The van der Waals surface area contributed by atoms with Crippen molar-refractivity contribution < 1.29 is 0 Å². The lowest BCUT2D eigenvalue weighted by atomic mass is 10.1. The molecule has 0 amide bonds. The smallest absolute Gasteiger partial charge is 0.162 e. The summed E-state index contributed by atoms with van der Waals surface area (Å²) in [6.07, 6.45) is 3.11. The maximum atomic E-state index is 6.10. The summed E-state index contributed by atoms with van der Waals surface area (Å²) >= 11 is 6.10. The minimum absolute atomic E-state index is 0.638. The Morgan fingerprint density at radius 1 is 1.26 bits per heavy atom. The molecule has 0 radical (unpaired) electrons. The lowest BCUT2D eigenvalue weighted by Crippen LogP contribution is -2.02. The van der Waals surface area contributed by atoms with Gasteiger partial charge in [0.05, 0.1) is 6.33 Å². The number of H-pyrrole nitrogens is 1. The second-order valence-corrected chi connectivity index (χ2v) is 4.67. The van der Waals surface area contributed by atoms with Crippen LogP contribution < -0.4 is 5.32 Å². The summed E-state index contributed by atoms with van der Waals surface area (Å²) < 4.78 is 0. The van der Waals surface area contributed by atoms with Gasteiger partial charge in [-0.1, -0.05) is 23.7 Å². The SMILES string of the molecule is Cc1ccc(CNc2ncnc3[nH]cnc23)cc1Cl. The molecule has 0 aliphatic rings. The minimum atomic E-state index is 0.638. The molecule has 2 N–H and O–H groups in total. The molecular weight excluding hydrogens is 262 g/mol. The fourth-order valence-electron chi connectivity index (χ4n) is 1.83. The van der Waals surface area contributed by atoms with Crippen molar-refractivity contribution >= 4 is 28.6 Å². The largest absolute Gasteiger partial charge is 0.364 e. The van der Waals surface area contributed by atoms with Crippen LogP contribution in [0.1, 0.15) is 11.1 Å². The molecule has 3 rings (SSSR count). The first-order valence-corrected chi connectivity index (χ1v) is 6.25. The number of nitrogens with one attached hydrogen (secondary N) is 2. The Balaban J connectivity index is 1.82. The molecule has 0 aliphatic heterocycles. The highest BCUT2D eigenvalue weighted by Gasteiger charge is 2.05. The van der Waals surface area contributed by atoms with E-state index in [9.17, 15) is 0 Å². The Bertz CT molecular complexity index is 722. The molecule has 0 fully saturated rings. The van der Waals surface area contributed by atoms with Crippen LogP contribution in [0.4, 0.5) is 5.82 Å². The van der Waals surface area contributed by atoms with E-state index in [1.54, 1.807) is 6.33 Å². The van der Waals surface area contributed by atoms with Crippen molar-refractivity contribution in [3.05, 3.63) is 47.0 Å². The van der Waals surface area contributed by atoms with Crippen LogP contribution in [-0.2, 0) is 6.54 Å². The Labute approximate surface area is 115 Å². The lowest BCUT2D eigenvalue weighted by Gasteiger charge is -2.07. The Kier molecular flexibility index (Phi) is 3.05. The molecule has 0 saturated heterocycles. The first-order chi connectivity index (χ1) is 9.24. The van der Waals surface area contributed by atoms with Crippen molar-refractivity contribution in [1.82, 2.24) is 19.9 Å². The van der Waals surface area contributed by atoms with Gasteiger partial charge in [0.1, 0.15) is 11.8 Å². The zero-order valence-electron chi connectivity index (χ0n) is 10.3. The molecule has 19 heavy (non-hydrogen) atoms. The van der Waals surface area contributed by atoms with E-state index in [0.717, 1.165) is 27.3 Å². The summed E-state index contributed by atoms with van der Waals surface area (Å²) in [7, 11) is 0. The number of aryl methyl sites for hydroxylation is 1. The van der Waals surface area contributed by atoms with Gasteiger partial charge in [0.2, 0.25) is 0 Å². The second kappa shape index (κ2) is 4.85. The third-order valence-electron chi connectivity index (χ3n) is 2.91. The number of imidazole rings is 1. The van der Waals surface area contributed by atoms with Crippen molar-refractivity contribution in [3.63, 3.8) is 0 Å². The zero-order valence-corrected chi connectivity index (χ0v) is 11.1. The highest BCUT2D eigenvalue weighted by atomic mass is 35.5. The number of hydrogen-bond acceptors (Lipinski definition) is 4. The summed E-state index contributed by atoms with van der Waals surface area (Å²) in [6.45, 7) is 2.62. The Morgan fingerprint density at radius 2 is 2.16 bits per heavy atom. The van der Waals surface area contributed by atoms with Gasteiger partial charge in [-0.2, -0.15) is 0 Å². The molecule has 0 atom stereocenters. The monoisotopic (exact) mass is 273 g/mol. The molecule has 0 unspecified atom stereocenters. The fraction of sp³-hybridized carbons (Fsp3) is 0.154. The number of nitrogens with zero attached hydrogens (tertiary/aromatic N) is 3. The van der Waals surface area contributed by atoms with Crippen LogP contribution in [0.15, 0.2) is 30.9 Å². The van der Waals surface area contributed by atoms with Gasteiger partial charge in [-0.15, -0.1) is 0 Å². The number of halogens is 1. The van der Waals surface area contributed by atoms with Crippen molar-refractivity contribution in [3.8, 4) is 0 Å². The van der Waals surface area contributed by atoms with E-state index in [1.165, 1.54) is 6.33 Å². The van der Waals surface area contributed by atoms with E-state index in [0.29, 0.717) is 12.4 Å². The summed E-state index contributed by atoms with van der Waals surface area (Å²) in [5.74, 6) is 0.711. The minimum Gasteiger partial charge on any atom is -0.364 e. The number of anilines is 1. The van der Waals surface area contributed by atoms with Crippen molar-refractivity contribution in [2.45, 2.75) is 13.5 Å². The summed E-state index contributed by atoms with van der Waals surface area (Å²) in [4.78, 5) is 15.4. The van der Waals surface area contributed by atoms with Crippen molar-refractivity contribution in [2.24, 2.45) is 0 Å². The predicted octanol–water partition coefficient (Wildman–Crippen LogP) is 2.93. The predicted molar refractivity (Wildman–Crippen MR) is 75.2 cm³/mol. The highest BCUT2D eigenvalue weighted by molar-refractivity contribution is 6.31. The highest BCUT2D eigenvalue weighted by Crippen LogP contribution is 2.19. The van der Waals surface area contributed by atoms with Gasteiger partial charge in [-0.3, -0.25) is 0 Å². The van der Waals surface area contributed by atoms with Crippen molar-refractivity contribution in [1.29, 1.82) is 0 Å². The molecule has 96 valence electrons. The molecule has 0 aliphatic carbocycles. The molecule has 1 aromatic carbocycles. The molecular formula is C13H12ClN5. The molecule has 3 aromatic rings. The quantitative estimate of drug-likeness (QED) is 0.770. The van der Waals surface area contributed by atoms with Gasteiger partial charge in [-0.25, -0.2) is 15.0 Å². The Morgan fingerprint density at radius 3 is 3.00 bits per heavy atom. The van der Waals surface area contributed by atoms with Crippen LogP contribution >= 0.6 is 11.6 Å². The molecule has 5 nitrogen and oxygen atoms in total. The standard InChI is InChI=1S/C13H12ClN5/c1-8-2-3-9(4-10(8)14)5-15-12-11-13(17-6-16-11)19-7-18-12/h2-4,6-7H,5H2,1H3,(H2,15,16,17,18,19). The molecule has 2 heterocycles. The molecule has 0 spiro atoms. The van der Waals surface area contributed by atoms with Gasteiger partial charge in [0.25, 0.3) is 0 Å². The average Bonchev–Trinajstić information content (AvgIpc) is 2.89. The van der Waals surface area contributed by atoms with Gasteiger partial charge < -0.3 is 10.3 Å². The van der Waals surface area contributed by atoms with Crippen LogP contribution in [0.2, 0.25) is 5.02 Å².